The number of pyridine rings is 1. The van der Waals surface area contributed by atoms with Gasteiger partial charge in [-0.3, -0.25) is 0 Å². The zero-order chi connectivity index (χ0) is 8.27. The van der Waals surface area contributed by atoms with Gasteiger partial charge in [0.25, 0.3) is 0 Å². The maximum Gasteiger partial charge on any atom is 0.147 e. The van der Waals surface area contributed by atoms with E-state index in [1.165, 1.54) is 0 Å². The van der Waals surface area contributed by atoms with Gasteiger partial charge in [0.1, 0.15) is 10.8 Å². The van der Waals surface area contributed by atoms with Crippen LogP contribution in [-0.2, 0) is 0 Å². The first-order valence-corrected chi connectivity index (χ1v) is 4.38. The third-order valence-electron chi connectivity index (χ3n) is 1.10. The summed E-state index contributed by atoms with van der Waals surface area (Å²) < 4.78 is 0. The predicted octanol–water partition coefficient (Wildman–Crippen LogP) is 2.29. The van der Waals surface area contributed by atoms with Crippen molar-refractivity contribution in [1.82, 2.24) is 4.98 Å². The number of aromatic nitrogens is 1. The van der Waals surface area contributed by atoms with Crippen LogP contribution in [0.15, 0.2) is 23.4 Å². The Balaban J connectivity index is 2.78. The number of rotatable bonds is 2. The lowest BCUT2D eigenvalue weighted by molar-refractivity contribution is 0.456. The zero-order valence-corrected chi connectivity index (χ0v) is 7.43. The van der Waals surface area contributed by atoms with Crippen LogP contribution in [0.4, 0.5) is 0 Å². The Labute approximate surface area is 70.7 Å². The molecule has 2 nitrogen and oxygen atoms in total. The molecule has 0 saturated carbocycles. The Morgan fingerprint density at radius 2 is 2.27 bits per heavy atom. The minimum absolute atomic E-state index is 0.270. The standard InChI is InChI=1S/C8H11NOS/c1-6(2)11-8-7(10)4-3-5-9-8/h3-6,10H,1-2H3. The molecule has 0 radical (unpaired) electrons. The molecule has 0 spiro atoms. The molecule has 1 N–H and O–H groups in total. The minimum atomic E-state index is 0.270. The normalized spacial score (nSPS) is 10.5. The summed E-state index contributed by atoms with van der Waals surface area (Å²) in [6, 6.07) is 3.37. The lowest BCUT2D eigenvalue weighted by Crippen LogP contribution is -1.88. The largest absolute Gasteiger partial charge is 0.505 e. The molecule has 0 amide bonds. The highest BCUT2D eigenvalue weighted by Gasteiger charge is 2.03. The van der Waals surface area contributed by atoms with Crippen molar-refractivity contribution in [2.75, 3.05) is 0 Å². The molecule has 0 fully saturated rings. The van der Waals surface area contributed by atoms with E-state index in [-0.39, 0.29) is 5.75 Å². The van der Waals surface area contributed by atoms with Gasteiger partial charge in [-0.25, -0.2) is 4.98 Å². The fourth-order valence-corrected chi connectivity index (χ4v) is 1.45. The molecule has 60 valence electrons. The van der Waals surface area contributed by atoms with Crippen LogP contribution in [0.1, 0.15) is 13.8 Å². The van der Waals surface area contributed by atoms with E-state index in [4.69, 9.17) is 0 Å². The van der Waals surface area contributed by atoms with E-state index in [1.807, 2.05) is 0 Å². The second kappa shape index (κ2) is 3.62. The summed E-state index contributed by atoms with van der Waals surface area (Å²) in [5.41, 5.74) is 0. The van der Waals surface area contributed by atoms with Gasteiger partial charge in [0.05, 0.1) is 0 Å². The first kappa shape index (κ1) is 8.40. The average Bonchev–Trinajstić information content (AvgIpc) is 1.93. The van der Waals surface area contributed by atoms with E-state index in [1.54, 1.807) is 30.1 Å². The molecule has 1 aromatic rings. The van der Waals surface area contributed by atoms with Gasteiger partial charge in [0, 0.05) is 11.4 Å². The van der Waals surface area contributed by atoms with Gasteiger partial charge in [0.15, 0.2) is 0 Å². The Bertz CT molecular complexity index is 237. The number of aromatic hydroxyl groups is 1. The highest BCUT2D eigenvalue weighted by Crippen LogP contribution is 2.27. The van der Waals surface area contributed by atoms with Crippen LogP contribution in [0.2, 0.25) is 0 Å². The second-order valence-electron chi connectivity index (χ2n) is 2.49. The van der Waals surface area contributed by atoms with Gasteiger partial charge in [-0.05, 0) is 12.1 Å². The SMILES string of the molecule is CC(C)Sc1ncccc1O. The van der Waals surface area contributed by atoms with E-state index in [0.29, 0.717) is 10.3 Å². The molecule has 0 aliphatic carbocycles. The summed E-state index contributed by atoms with van der Waals surface area (Å²) in [6.07, 6.45) is 1.68. The lowest BCUT2D eigenvalue weighted by atomic mass is 10.5. The Kier molecular flexibility index (Phi) is 2.76. The molecular formula is C8H11NOS. The molecule has 0 atom stereocenters. The molecule has 11 heavy (non-hydrogen) atoms. The molecular weight excluding hydrogens is 158 g/mol. The maximum atomic E-state index is 9.28. The van der Waals surface area contributed by atoms with Gasteiger partial charge < -0.3 is 5.11 Å². The van der Waals surface area contributed by atoms with Gasteiger partial charge in [-0.1, -0.05) is 25.6 Å². The molecule has 1 aromatic heterocycles. The number of thioether (sulfide) groups is 1. The fourth-order valence-electron chi connectivity index (χ4n) is 0.696. The van der Waals surface area contributed by atoms with E-state index in [9.17, 15) is 5.11 Å². The summed E-state index contributed by atoms with van der Waals surface area (Å²) in [5, 5.41) is 10.4. The molecule has 0 unspecified atom stereocenters. The molecule has 0 aromatic carbocycles. The van der Waals surface area contributed by atoms with Gasteiger partial charge in [-0.15, -0.1) is 0 Å². The topological polar surface area (TPSA) is 33.1 Å². The Hall–Kier alpha value is -0.700. The molecule has 0 aliphatic heterocycles. The number of nitrogens with zero attached hydrogens (tertiary/aromatic N) is 1. The lowest BCUT2D eigenvalue weighted by Gasteiger charge is -2.04. The predicted molar refractivity (Wildman–Crippen MR) is 46.9 cm³/mol. The van der Waals surface area contributed by atoms with Crippen molar-refractivity contribution < 1.29 is 5.11 Å². The zero-order valence-electron chi connectivity index (χ0n) is 6.61. The molecule has 0 aliphatic rings. The fraction of sp³-hybridized carbons (Fsp3) is 0.375. The van der Waals surface area contributed by atoms with Crippen LogP contribution in [0, 0.1) is 0 Å². The van der Waals surface area contributed by atoms with Crippen molar-refractivity contribution in [2.24, 2.45) is 0 Å². The van der Waals surface area contributed by atoms with E-state index in [2.05, 4.69) is 18.8 Å². The van der Waals surface area contributed by atoms with Crippen LogP contribution in [0.3, 0.4) is 0 Å². The summed E-state index contributed by atoms with van der Waals surface area (Å²) in [7, 11) is 0. The highest BCUT2D eigenvalue weighted by molar-refractivity contribution is 7.99. The van der Waals surface area contributed by atoms with E-state index < -0.39 is 0 Å². The van der Waals surface area contributed by atoms with Crippen molar-refractivity contribution in [1.29, 1.82) is 0 Å². The first-order chi connectivity index (χ1) is 5.20. The monoisotopic (exact) mass is 169 g/mol. The van der Waals surface area contributed by atoms with E-state index >= 15 is 0 Å². The van der Waals surface area contributed by atoms with Gasteiger partial charge in [-0.2, -0.15) is 0 Å². The third-order valence-corrected chi connectivity index (χ3v) is 2.11. The van der Waals surface area contributed by atoms with Crippen molar-refractivity contribution >= 4 is 11.8 Å². The summed E-state index contributed by atoms with van der Waals surface area (Å²) in [5.74, 6) is 0.270. The van der Waals surface area contributed by atoms with Crippen molar-refractivity contribution in [3.8, 4) is 5.75 Å². The smallest absolute Gasteiger partial charge is 0.147 e. The number of hydrogen-bond acceptors (Lipinski definition) is 3. The maximum absolute atomic E-state index is 9.28. The van der Waals surface area contributed by atoms with Crippen LogP contribution in [-0.4, -0.2) is 15.3 Å². The first-order valence-electron chi connectivity index (χ1n) is 3.51. The third kappa shape index (κ3) is 2.42. The van der Waals surface area contributed by atoms with Crippen LogP contribution in [0.25, 0.3) is 0 Å². The van der Waals surface area contributed by atoms with Crippen molar-refractivity contribution in [2.45, 2.75) is 24.1 Å². The van der Waals surface area contributed by atoms with E-state index in [0.717, 1.165) is 0 Å². The molecule has 0 saturated heterocycles. The van der Waals surface area contributed by atoms with Crippen molar-refractivity contribution in [3.63, 3.8) is 0 Å². The highest BCUT2D eigenvalue weighted by atomic mass is 32.2. The Morgan fingerprint density at radius 1 is 1.55 bits per heavy atom. The van der Waals surface area contributed by atoms with Crippen LogP contribution in [0.5, 0.6) is 5.75 Å². The van der Waals surface area contributed by atoms with Crippen LogP contribution >= 0.6 is 11.8 Å². The second-order valence-corrected chi connectivity index (χ2v) is 4.06. The average molecular weight is 169 g/mol. The quantitative estimate of drug-likeness (QED) is 0.689. The Morgan fingerprint density at radius 3 is 2.82 bits per heavy atom. The summed E-state index contributed by atoms with van der Waals surface area (Å²) >= 11 is 1.56. The molecule has 1 heterocycles. The molecule has 1 rings (SSSR count). The number of hydrogen-bond donors (Lipinski definition) is 1. The van der Waals surface area contributed by atoms with Gasteiger partial charge >= 0.3 is 0 Å². The van der Waals surface area contributed by atoms with Gasteiger partial charge in [0.2, 0.25) is 0 Å². The molecule has 0 bridgehead atoms. The minimum Gasteiger partial charge on any atom is -0.505 e. The molecule has 3 heteroatoms. The van der Waals surface area contributed by atoms with Crippen LogP contribution < -0.4 is 0 Å². The van der Waals surface area contributed by atoms with Crippen molar-refractivity contribution in [3.05, 3.63) is 18.3 Å². The summed E-state index contributed by atoms with van der Waals surface area (Å²) in [6.45, 7) is 4.14. The summed E-state index contributed by atoms with van der Waals surface area (Å²) in [4.78, 5) is 4.03.